The van der Waals surface area contributed by atoms with Crippen LogP contribution in [0.5, 0.6) is 5.75 Å². The largest absolute Gasteiger partial charge is 0.492 e. The van der Waals surface area contributed by atoms with E-state index in [0.717, 1.165) is 46.5 Å². The molecule has 9 heteroatoms. The number of ether oxygens (including phenoxy) is 3. The van der Waals surface area contributed by atoms with Gasteiger partial charge in [-0.2, -0.15) is 9.61 Å². The summed E-state index contributed by atoms with van der Waals surface area (Å²) in [6.07, 6.45) is 3.92. The molecule has 1 aliphatic heterocycles. The average molecular weight is 667 g/mol. The van der Waals surface area contributed by atoms with Gasteiger partial charge in [0, 0.05) is 41.9 Å². The molecule has 2 atom stereocenters. The Kier molecular flexibility index (Phi) is 10.6. The summed E-state index contributed by atoms with van der Waals surface area (Å²) in [5.74, 6) is 0.633. The zero-order valence-corrected chi connectivity index (χ0v) is 30.0. The van der Waals surface area contributed by atoms with Gasteiger partial charge in [0.2, 0.25) is 0 Å². The molecule has 2 aromatic heterocycles. The lowest BCUT2D eigenvalue weighted by atomic mass is 9.92. The van der Waals surface area contributed by atoms with Crippen molar-refractivity contribution in [3.8, 4) is 28.1 Å². The van der Waals surface area contributed by atoms with Gasteiger partial charge in [-0.05, 0) is 78.1 Å². The minimum Gasteiger partial charge on any atom is -0.492 e. The SMILES string of the molecule is C=CCOC1(C)CCN(c2c(C(OC(C)(C)C)C(=O)O)c(C)nc3cc(-c4cccc(-c5cc(C)ccc5OCC(C)C=C)c4)nn23)CC1. The van der Waals surface area contributed by atoms with E-state index in [2.05, 4.69) is 63.1 Å². The number of carboxylic acid groups (broad SMARTS) is 1. The Morgan fingerprint density at radius 2 is 1.80 bits per heavy atom. The van der Waals surface area contributed by atoms with Crippen LogP contribution in [0.1, 0.15) is 70.4 Å². The van der Waals surface area contributed by atoms with Crippen LogP contribution in [0.2, 0.25) is 0 Å². The van der Waals surface area contributed by atoms with E-state index in [-0.39, 0.29) is 11.5 Å². The summed E-state index contributed by atoms with van der Waals surface area (Å²) in [5.41, 5.74) is 5.47. The fourth-order valence-corrected chi connectivity index (χ4v) is 6.18. The van der Waals surface area contributed by atoms with Crippen LogP contribution in [-0.2, 0) is 14.3 Å². The highest BCUT2D eigenvalue weighted by molar-refractivity contribution is 5.80. The summed E-state index contributed by atoms with van der Waals surface area (Å²) in [4.78, 5) is 19.9. The van der Waals surface area contributed by atoms with E-state index in [1.165, 1.54) is 0 Å². The van der Waals surface area contributed by atoms with Crippen LogP contribution in [-0.4, -0.2) is 63.2 Å². The molecule has 1 fully saturated rings. The van der Waals surface area contributed by atoms with E-state index in [1.54, 1.807) is 10.6 Å². The van der Waals surface area contributed by atoms with Crippen LogP contribution < -0.4 is 9.64 Å². The van der Waals surface area contributed by atoms with E-state index in [1.807, 2.05) is 58.0 Å². The van der Waals surface area contributed by atoms with Crippen LogP contribution in [0.3, 0.4) is 0 Å². The van der Waals surface area contributed by atoms with Crippen LogP contribution in [0.25, 0.3) is 28.0 Å². The summed E-state index contributed by atoms with van der Waals surface area (Å²) in [6.45, 7) is 23.7. The van der Waals surface area contributed by atoms with Crippen molar-refractivity contribution in [2.75, 3.05) is 31.2 Å². The van der Waals surface area contributed by atoms with Crippen molar-refractivity contribution in [2.45, 2.75) is 78.6 Å². The molecule has 0 bridgehead atoms. The number of carboxylic acids is 1. The van der Waals surface area contributed by atoms with E-state index in [0.29, 0.717) is 49.0 Å². The normalized spacial score (nSPS) is 15.9. The lowest BCUT2D eigenvalue weighted by Crippen LogP contribution is -2.45. The lowest BCUT2D eigenvalue weighted by Gasteiger charge is -2.41. The van der Waals surface area contributed by atoms with Gasteiger partial charge in [0.05, 0.1) is 35.7 Å². The molecule has 0 saturated carbocycles. The number of anilines is 1. The molecule has 49 heavy (non-hydrogen) atoms. The molecule has 0 radical (unpaired) electrons. The molecule has 5 rings (SSSR count). The van der Waals surface area contributed by atoms with Gasteiger partial charge in [0.15, 0.2) is 11.8 Å². The Balaban J connectivity index is 1.62. The maximum Gasteiger partial charge on any atom is 0.337 e. The van der Waals surface area contributed by atoms with Crippen molar-refractivity contribution in [1.82, 2.24) is 14.6 Å². The van der Waals surface area contributed by atoms with Crippen molar-refractivity contribution in [3.63, 3.8) is 0 Å². The number of hydrogen-bond donors (Lipinski definition) is 1. The molecule has 2 unspecified atom stereocenters. The monoisotopic (exact) mass is 666 g/mol. The number of carbonyl (C=O) groups is 1. The number of rotatable bonds is 13. The van der Waals surface area contributed by atoms with Gasteiger partial charge in [-0.25, -0.2) is 9.78 Å². The zero-order valence-electron chi connectivity index (χ0n) is 30.0. The van der Waals surface area contributed by atoms with E-state index in [4.69, 9.17) is 24.3 Å². The van der Waals surface area contributed by atoms with Crippen molar-refractivity contribution in [1.29, 1.82) is 0 Å². The smallest absolute Gasteiger partial charge is 0.337 e. The molecular formula is C40H50N4O5. The van der Waals surface area contributed by atoms with Crippen molar-refractivity contribution in [3.05, 3.63) is 90.7 Å². The summed E-state index contributed by atoms with van der Waals surface area (Å²) >= 11 is 0. The first kappa shape index (κ1) is 35.8. The first-order valence-electron chi connectivity index (χ1n) is 17.0. The molecule has 9 nitrogen and oxygen atoms in total. The van der Waals surface area contributed by atoms with E-state index >= 15 is 0 Å². The second kappa shape index (κ2) is 14.6. The molecular weight excluding hydrogens is 616 g/mol. The predicted molar refractivity (Wildman–Crippen MR) is 195 cm³/mol. The maximum atomic E-state index is 12.8. The molecule has 0 amide bonds. The van der Waals surface area contributed by atoms with Crippen molar-refractivity contribution in [2.24, 2.45) is 5.92 Å². The molecule has 0 aliphatic carbocycles. The second-order valence-corrected chi connectivity index (χ2v) is 14.3. The minimum absolute atomic E-state index is 0.219. The number of fused-ring (bicyclic) bond motifs is 1. The molecule has 2 aromatic carbocycles. The number of piperidine rings is 1. The third-order valence-corrected chi connectivity index (χ3v) is 8.94. The highest BCUT2D eigenvalue weighted by Gasteiger charge is 2.37. The van der Waals surface area contributed by atoms with Crippen LogP contribution in [0, 0.1) is 19.8 Å². The first-order valence-corrected chi connectivity index (χ1v) is 17.0. The number of aryl methyl sites for hydroxylation is 2. The summed E-state index contributed by atoms with van der Waals surface area (Å²) in [5, 5.41) is 15.6. The fourth-order valence-electron chi connectivity index (χ4n) is 6.18. The molecule has 1 N–H and O–H groups in total. The maximum absolute atomic E-state index is 12.8. The zero-order chi connectivity index (χ0) is 35.5. The molecule has 4 aromatic rings. The van der Waals surface area contributed by atoms with Crippen molar-refractivity contribution >= 4 is 17.4 Å². The average Bonchev–Trinajstić information content (AvgIpc) is 3.49. The molecule has 1 aliphatic rings. The molecule has 260 valence electrons. The second-order valence-electron chi connectivity index (χ2n) is 14.3. The third kappa shape index (κ3) is 8.23. The quantitative estimate of drug-likeness (QED) is 0.142. The van der Waals surface area contributed by atoms with Gasteiger partial charge in [-0.15, -0.1) is 13.2 Å². The van der Waals surface area contributed by atoms with Gasteiger partial charge in [0.1, 0.15) is 11.6 Å². The topological polar surface area (TPSA) is 98.4 Å². The van der Waals surface area contributed by atoms with Gasteiger partial charge in [-0.1, -0.05) is 48.9 Å². The third-order valence-electron chi connectivity index (χ3n) is 8.94. The Morgan fingerprint density at radius 3 is 2.45 bits per heavy atom. The Hall–Kier alpha value is -4.47. The van der Waals surface area contributed by atoms with Gasteiger partial charge in [0.25, 0.3) is 0 Å². The highest BCUT2D eigenvalue weighted by atomic mass is 16.5. The highest BCUT2D eigenvalue weighted by Crippen LogP contribution is 2.39. The molecule has 0 spiro atoms. The van der Waals surface area contributed by atoms with E-state index in [9.17, 15) is 9.90 Å². The standard InChI is InChI=1S/C40H50N4O5/c1-10-21-48-40(9)17-19-43(20-18-40)37-35(36(38(45)46)49-39(6,7)8)28(5)41-34-24-32(42-44(34)37)30-14-12-13-29(23-30)31-22-27(4)15-16-33(31)47-25-26(3)11-2/h10-16,22-24,26,36H,1-2,17-21,25H2,3-9H3,(H,45,46). The van der Waals surface area contributed by atoms with Crippen molar-refractivity contribution < 1.29 is 24.1 Å². The summed E-state index contributed by atoms with van der Waals surface area (Å²) in [7, 11) is 0. The van der Waals surface area contributed by atoms with E-state index < -0.39 is 17.7 Å². The van der Waals surface area contributed by atoms with Gasteiger partial charge in [-0.3, -0.25) is 0 Å². The number of benzene rings is 2. The van der Waals surface area contributed by atoms with Crippen LogP contribution in [0.15, 0.2) is 73.8 Å². The Labute approximate surface area is 290 Å². The van der Waals surface area contributed by atoms with Crippen LogP contribution >= 0.6 is 0 Å². The fraction of sp³-hybridized carbons (Fsp3) is 0.425. The first-order chi connectivity index (χ1) is 23.2. The molecule has 3 heterocycles. The number of hydrogen-bond acceptors (Lipinski definition) is 7. The summed E-state index contributed by atoms with van der Waals surface area (Å²) < 4.78 is 20.4. The van der Waals surface area contributed by atoms with Crippen LogP contribution in [0.4, 0.5) is 5.82 Å². The number of nitrogens with zero attached hydrogens (tertiary/aromatic N) is 4. The lowest BCUT2D eigenvalue weighted by molar-refractivity contribution is -0.160. The Bertz CT molecular complexity index is 1830. The molecule has 1 saturated heterocycles. The minimum atomic E-state index is -1.24. The van der Waals surface area contributed by atoms with Gasteiger partial charge < -0.3 is 24.2 Å². The Morgan fingerprint density at radius 1 is 1.08 bits per heavy atom. The number of aliphatic carboxylic acids is 1. The number of aromatic nitrogens is 3. The predicted octanol–water partition coefficient (Wildman–Crippen LogP) is 8.38. The summed E-state index contributed by atoms with van der Waals surface area (Å²) in [6, 6.07) is 16.4. The van der Waals surface area contributed by atoms with Gasteiger partial charge >= 0.3 is 5.97 Å².